The Bertz CT molecular complexity index is 867. The predicted octanol–water partition coefficient (Wildman–Crippen LogP) is 4.20. The molecule has 7 heteroatoms. The van der Waals surface area contributed by atoms with Crippen LogP contribution < -0.4 is 5.32 Å². The fraction of sp³-hybridized carbons (Fsp3) is 0.708. The van der Waals surface area contributed by atoms with Gasteiger partial charge in [0.2, 0.25) is 15.9 Å². The molecule has 2 bridgehead atoms. The highest BCUT2D eigenvalue weighted by atomic mass is 32.2. The molecule has 0 spiro atoms. The number of hydrogen-bond acceptors (Lipinski definition) is 3. The third-order valence-electron chi connectivity index (χ3n) is 7.74. The van der Waals surface area contributed by atoms with Crippen molar-refractivity contribution in [1.29, 1.82) is 0 Å². The molecule has 0 radical (unpaired) electrons. The van der Waals surface area contributed by atoms with Crippen LogP contribution in [0.1, 0.15) is 58.3 Å². The summed E-state index contributed by atoms with van der Waals surface area (Å²) in [4.78, 5) is 13.0. The van der Waals surface area contributed by atoms with Gasteiger partial charge in [-0.15, -0.1) is 0 Å². The van der Waals surface area contributed by atoms with Gasteiger partial charge in [0.25, 0.3) is 0 Å². The van der Waals surface area contributed by atoms with E-state index >= 15 is 0 Å². The van der Waals surface area contributed by atoms with Gasteiger partial charge in [0.15, 0.2) is 0 Å². The molecule has 3 unspecified atom stereocenters. The molecule has 172 valence electrons. The quantitative estimate of drug-likeness (QED) is 0.677. The van der Waals surface area contributed by atoms with Crippen molar-refractivity contribution in [2.75, 3.05) is 19.6 Å². The Morgan fingerprint density at radius 2 is 1.77 bits per heavy atom. The smallest absolute Gasteiger partial charge is 0.243 e. The summed E-state index contributed by atoms with van der Waals surface area (Å²) in [5.41, 5.74) is 0. The van der Waals surface area contributed by atoms with E-state index in [9.17, 15) is 17.6 Å². The fourth-order valence-electron chi connectivity index (χ4n) is 5.83. The van der Waals surface area contributed by atoms with E-state index in [0.717, 1.165) is 43.9 Å². The Kier molecular flexibility index (Phi) is 7.01. The third kappa shape index (κ3) is 5.30. The van der Waals surface area contributed by atoms with Gasteiger partial charge in [-0.25, -0.2) is 12.8 Å². The van der Waals surface area contributed by atoms with E-state index in [4.69, 9.17) is 0 Å². The molecule has 0 aromatic heterocycles. The second-order valence-corrected chi connectivity index (χ2v) is 11.9. The van der Waals surface area contributed by atoms with Crippen LogP contribution in [-0.4, -0.2) is 38.3 Å². The Hall–Kier alpha value is -1.47. The number of benzene rings is 1. The summed E-state index contributed by atoms with van der Waals surface area (Å²) in [5, 5.41) is 3.15. The summed E-state index contributed by atoms with van der Waals surface area (Å²) in [5.74, 6) is 2.42. The summed E-state index contributed by atoms with van der Waals surface area (Å²) in [7, 11) is -3.59. The molecule has 3 aliphatic carbocycles. The molecule has 3 atom stereocenters. The number of rotatable bonds is 7. The number of carbonyl (C=O) groups excluding carboxylic acids is 1. The monoisotopic (exact) mass is 450 g/mol. The third-order valence-corrected chi connectivity index (χ3v) is 9.62. The van der Waals surface area contributed by atoms with E-state index in [1.54, 1.807) is 0 Å². The summed E-state index contributed by atoms with van der Waals surface area (Å²) in [6, 6.07) is 5.00. The summed E-state index contributed by atoms with van der Waals surface area (Å²) >= 11 is 0. The van der Waals surface area contributed by atoms with Crippen molar-refractivity contribution in [2.45, 2.75) is 63.2 Å². The number of nitrogens with zero attached hydrogens (tertiary/aromatic N) is 1. The van der Waals surface area contributed by atoms with Crippen molar-refractivity contribution in [1.82, 2.24) is 9.62 Å². The number of sulfonamides is 1. The number of halogens is 1. The standard InChI is InChI=1S/C24H35FN2O3S/c1-2-17-11-19-12-20(13-19)15-21(14-17)24(28)26-9-7-18-8-10-27(16-18)31(29,30)23-5-3-22(25)4-6-23/h3-6,17-21H,2,7-16H2,1H3,(H,26,28). The zero-order chi connectivity index (χ0) is 22.0. The summed E-state index contributed by atoms with van der Waals surface area (Å²) < 4.78 is 40.1. The van der Waals surface area contributed by atoms with Gasteiger partial charge in [0.1, 0.15) is 5.82 Å². The lowest BCUT2D eigenvalue weighted by Gasteiger charge is -2.42. The van der Waals surface area contributed by atoms with Crippen molar-refractivity contribution < 1.29 is 17.6 Å². The first-order chi connectivity index (χ1) is 14.8. The van der Waals surface area contributed by atoms with Gasteiger partial charge in [0.05, 0.1) is 4.90 Å². The van der Waals surface area contributed by atoms with Crippen LogP contribution in [0.2, 0.25) is 0 Å². The Morgan fingerprint density at radius 3 is 2.48 bits per heavy atom. The van der Waals surface area contributed by atoms with Gasteiger partial charge in [0, 0.05) is 25.6 Å². The number of nitrogens with one attached hydrogen (secondary N) is 1. The summed E-state index contributed by atoms with van der Waals surface area (Å²) in [6.45, 7) is 3.78. The Labute approximate surface area is 185 Å². The highest BCUT2D eigenvalue weighted by Crippen LogP contribution is 2.46. The van der Waals surface area contributed by atoms with E-state index in [2.05, 4.69) is 12.2 Å². The van der Waals surface area contributed by atoms with Crippen LogP contribution in [0.25, 0.3) is 0 Å². The molecule has 1 N–H and O–H groups in total. The zero-order valence-electron chi connectivity index (χ0n) is 18.4. The first-order valence-corrected chi connectivity index (χ1v) is 13.3. The lowest BCUT2D eigenvalue weighted by Crippen LogP contribution is -2.39. The number of amides is 1. The molecule has 1 aromatic carbocycles. The number of carbonyl (C=O) groups is 1. The summed E-state index contributed by atoms with van der Waals surface area (Å²) in [6.07, 6.45) is 8.69. The van der Waals surface area contributed by atoms with E-state index in [-0.39, 0.29) is 22.6 Å². The van der Waals surface area contributed by atoms with Crippen LogP contribution >= 0.6 is 0 Å². The molecule has 4 aliphatic rings. The lowest BCUT2D eigenvalue weighted by molar-refractivity contribution is -0.127. The number of hydrogen-bond donors (Lipinski definition) is 1. The first kappa shape index (κ1) is 22.7. The maximum absolute atomic E-state index is 13.1. The Balaban J connectivity index is 1.24. The molecule has 4 fully saturated rings. The van der Waals surface area contributed by atoms with E-state index in [1.807, 2.05) is 0 Å². The van der Waals surface area contributed by atoms with E-state index < -0.39 is 15.8 Å². The fourth-order valence-corrected chi connectivity index (χ4v) is 7.36. The van der Waals surface area contributed by atoms with Gasteiger partial charge in [-0.05, 0) is 92.9 Å². The molecule has 1 aromatic rings. The predicted molar refractivity (Wildman–Crippen MR) is 118 cm³/mol. The van der Waals surface area contributed by atoms with Crippen molar-refractivity contribution in [2.24, 2.45) is 29.6 Å². The van der Waals surface area contributed by atoms with Crippen LogP contribution in [0.4, 0.5) is 4.39 Å². The van der Waals surface area contributed by atoms with Gasteiger partial charge in [-0.3, -0.25) is 4.79 Å². The van der Waals surface area contributed by atoms with Crippen LogP contribution in [0.3, 0.4) is 0 Å². The lowest BCUT2D eigenvalue weighted by atomic mass is 9.63. The van der Waals surface area contributed by atoms with E-state index in [1.165, 1.54) is 47.8 Å². The molecule has 5 nitrogen and oxygen atoms in total. The second kappa shape index (κ2) is 9.57. The molecular formula is C24H35FN2O3S. The minimum atomic E-state index is -3.59. The van der Waals surface area contributed by atoms with Crippen LogP contribution in [0, 0.1) is 35.4 Å². The molecule has 1 aliphatic heterocycles. The molecule has 5 rings (SSSR count). The maximum Gasteiger partial charge on any atom is 0.243 e. The minimum absolute atomic E-state index is 0.134. The normalized spacial score (nSPS) is 31.5. The van der Waals surface area contributed by atoms with Crippen molar-refractivity contribution >= 4 is 15.9 Å². The molecule has 1 saturated heterocycles. The highest BCUT2D eigenvalue weighted by Gasteiger charge is 2.38. The average molecular weight is 451 g/mol. The first-order valence-electron chi connectivity index (χ1n) is 11.9. The van der Waals surface area contributed by atoms with Crippen molar-refractivity contribution in [3.63, 3.8) is 0 Å². The van der Waals surface area contributed by atoms with Crippen LogP contribution in [-0.2, 0) is 14.8 Å². The molecule has 31 heavy (non-hydrogen) atoms. The molecule has 1 amide bonds. The van der Waals surface area contributed by atoms with Crippen molar-refractivity contribution in [3.05, 3.63) is 30.1 Å². The van der Waals surface area contributed by atoms with Gasteiger partial charge < -0.3 is 5.32 Å². The van der Waals surface area contributed by atoms with Crippen LogP contribution in [0.15, 0.2) is 29.2 Å². The second-order valence-electron chi connectivity index (χ2n) is 9.93. The van der Waals surface area contributed by atoms with Gasteiger partial charge >= 0.3 is 0 Å². The minimum Gasteiger partial charge on any atom is -0.356 e. The Morgan fingerprint density at radius 1 is 1.06 bits per heavy atom. The zero-order valence-corrected chi connectivity index (χ0v) is 19.2. The SMILES string of the molecule is CCC1CC2CC(C2)CC(C(=O)NCCC2CCN(S(=O)(=O)c3ccc(F)cc3)C2)C1. The van der Waals surface area contributed by atoms with Gasteiger partial charge in [-0.1, -0.05) is 13.3 Å². The maximum atomic E-state index is 13.1. The van der Waals surface area contributed by atoms with Crippen LogP contribution in [0.5, 0.6) is 0 Å². The highest BCUT2D eigenvalue weighted by molar-refractivity contribution is 7.89. The molecule has 1 heterocycles. The average Bonchev–Trinajstić information content (AvgIpc) is 3.16. The van der Waals surface area contributed by atoms with E-state index in [0.29, 0.717) is 25.6 Å². The number of fused-ring (bicyclic) bond motifs is 4. The molecular weight excluding hydrogens is 415 g/mol. The molecule has 3 saturated carbocycles. The topological polar surface area (TPSA) is 66.5 Å². The van der Waals surface area contributed by atoms with Crippen molar-refractivity contribution in [3.8, 4) is 0 Å². The largest absolute Gasteiger partial charge is 0.356 e. The van der Waals surface area contributed by atoms with Gasteiger partial charge in [-0.2, -0.15) is 4.31 Å².